The van der Waals surface area contributed by atoms with E-state index in [1.807, 2.05) is 56.9 Å². The number of thioether (sulfide) groups is 1. The number of carbonyl (C=O) groups is 2. The van der Waals surface area contributed by atoms with Gasteiger partial charge in [0, 0.05) is 36.3 Å². The number of hydrogen-bond acceptors (Lipinski definition) is 3. The van der Waals surface area contributed by atoms with Gasteiger partial charge in [-0.25, -0.2) is 4.79 Å². The quantitative estimate of drug-likeness (QED) is 0.752. The van der Waals surface area contributed by atoms with Crippen molar-refractivity contribution in [2.75, 3.05) is 19.6 Å². The number of nitrogens with one attached hydrogen (secondary N) is 1. The maximum absolute atomic E-state index is 12.8. The van der Waals surface area contributed by atoms with Gasteiger partial charge >= 0.3 is 6.03 Å². The van der Waals surface area contributed by atoms with Gasteiger partial charge < -0.3 is 15.1 Å². The summed E-state index contributed by atoms with van der Waals surface area (Å²) in [6, 6.07) is 7.65. The lowest BCUT2D eigenvalue weighted by Gasteiger charge is -2.29. The minimum Gasteiger partial charge on any atom is -0.336 e. The zero-order valence-electron chi connectivity index (χ0n) is 15.9. The molecule has 2 atom stereocenters. The fourth-order valence-corrected chi connectivity index (χ4v) is 4.74. The normalized spacial score (nSPS) is 19.9. The Balaban J connectivity index is 2.14. The summed E-state index contributed by atoms with van der Waals surface area (Å²) in [6.07, 6.45) is 0.784. The average molecular weight is 398 g/mol. The largest absolute Gasteiger partial charge is 0.336 e. The van der Waals surface area contributed by atoms with Crippen LogP contribution in [0, 0.1) is 0 Å². The number of halogens is 1. The van der Waals surface area contributed by atoms with Crippen LogP contribution in [0.4, 0.5) is 4.79 Å². The molecule has 1 saturated heterocycles. The lowest BCUT2D eigenvalue weighted by molar-refractivity contribution is -0.130. The molecule has 0 aromatic heterocycles. The van der Waals surface area contributed by atoms with E-state index in [4.69, 9.17) is 11.6 Å². The Morgan fingerprint density at radius 1 is 1.35 bits per heavy atom. The summed E-state index contributed by atoms with van der Waals surface area (Å²) in [5, 5.41) is 3.42. The van der Waals surface area contributed by atoms with Crippen molar-refractivity contribution in [2.24, 2.45) is 0 Å². The molecule has 1 N–H and O–H groups in total. The highest BCUT2D eigenvalue weighted by atomic mass is 35.5. The van der Waals surface area contributed by atoms with Gasteiger partial charge in [-0.3, -0.25) is 4.79 Å². The molecule has 3 amide bonds. The van der Waals surface area contributed by atoms with Crippen LogP contribution >= 0.6 is 23.4 Å². The number of hydrogen-bond donors (Lipinski definition) is 1. The summed E-state index contributed by atoms with van der Waals surface area (Å²) in [5.74, 6) is 0.128. The first-order chi connectivity index (χ1) is 12.4. The standard InChI is InChI=1S/C19H28ClN3O2S/c1-5-16-17(24)23(12-11-22(6-2)19(25)21-13(3)4)18(26-16)14-9-7-8-10-15(14)20/h7-10,13,16,18H,5-6,11-12H2,1-4H3,(H,21,25)/t16-,18+/m1/s1. The van der Waals surface area contributed by atoms with Gasteiger partial charge in [0.15, 0.2) is 0 Å². The first-order valence-corrected chi connectivity index (χ1v) is 10.5. The van der Waals surface area contributed by atoms with E-state index in [1.165, 1.54) is 0 Å². The molecule has 0 aliphatic carbocycles. The van der Waals surface area contributed by atoms with E-state index < -0.39 is 0 Å². The smallest absolute Gasteiger partial charge is 0.317 e. The lowest BCUT2D eigenvalue weighted by Crippen LogP contribution is -2.46. The highest BCUT2D eigenvalue weighted by molar-refractivity contribution is 8.01. The molecule has 1 aromatic rings. The lowest BCUT2D eigenvalue weighted by atomic mass is 10.2. The summed E-state index contributed by atoms with van der Waals surface area (Å²) in [6.45, 7) is 9.44. The molecule has 0 radical (unpaired) electrons. The second kappa shape index (κ2) is 9.51. The summed E-state index contributed by atoms with van der Waals surface area (Å²) in [4.78, 5) is 28.7. The minimum absolute atomic E-state index is 0.0594. The highest BCUT2D eigenvalue weighted by Crippen LogP contribution is 2.45. The van der Waals surface area contributed by atoms with Crippen LogP contribution < -0.4 is 5.32 Å². The molecule has 0 saturated carbocycles. The van der Waals surface area contributed by atoms with Gasteiger partial charge in [0.2, 0.25) is 5.91 Å². The van der Waals surface area contributed by atoms with Crippen LogP contribution in [0.2, 0.25) is 5.02 Å². The van der Waals surface area contributed by atoms with Crippen LogP contribution in [0.15, 0.2) is 24.3 Å². The summed E-state index contributed by atoms with van der Waals surface area (Å²) in [5.41, 5.74) is 0.957. The first-order valence-electron chi connectivity index (χ1n) is 9.14. The molecule has 1 aromatic carbocycles. The maximum Gasteiger partial charge on any atom is 0.317 e. The van der Waals surface area contributed by atoms with Gasteiger partial charge in [-0.15, -0.1) is 11.8 Å². The average Bonchev–Trinajstić information content (AvgIpc) is 2.91. The van der Waals surface area contributed by atoms with Crippen molar-refractivity contribution in [3.8, 4) is 0 Å². The summed E-state index contributed by atoms with van der Waals surface area (Å²) >= 11 is 8.03. The van der Waals surface area contributed by atoms with E-state index >= 15 is 0 Å². The third kappa shape index (κ3) is 4.86. The van der Waals surface area contributed by atoms with Gasteiger partial charge in [0.05, 0.1) is 5.25 Å². The number of nitrogens with zero attached hydrogens (tertiary/aromatic N) is 2. The molecule has 1 heterocycles. The zero-order valence-corrected chi connectivity index (χ0v) is 17.4. The van der Waals surface area contributed by atoms with E-state index in [-0.39, 0.29) is 28.6 Å². The molecule has 0 bridgehead atoms. The molecule has 0 unspecified atom stereocenters. The third-order valence-corrected chi connectivity index (χ3v) is 6.34. The van der Waals surface area contributed by atoms with Gasteiger partial charge in [-0.05, 0) is 33.3 Å². The molecule has 2 rings (SSSR count). The Bertz CT molecular complexity index is 641. The predicted molar refractivity (Wildman–Crippen MR) is 108 cm³/mol. The van der Waals surface area contributed by atoms with E-state index in [1.54, 1.807) is 16.7 Å². The number of likely N-dealkylation sites (N-methyl/N-ethyl adjacent to an activating group) is 1. The number of amides is 3. The minimum atomic E-state index is -0.104. The molecule has 144 valence electrons. The van der Waals surface area contributed by atoms with Crippen LogP contribution in [0.1, 0.15) is 45.1 Å². The number of urea groups is 1. The molecule has 1 aliphatic heterocycles. The third-order valence-electron chi connectivity index (χ3n) is 4.37. The van der Waals surface area contributed by atoms with E-state index in [0.717, 1.165) is 12.0 Å². The molecule has 1 fully saturated rings. The molecule has 1 aliphatic rings. The van der Waals surface area contributed by atoms with Crippen molar-refractivity contribution in [3.05, 3.63) is 34.9 Å². The first kappa shape index (κ1) is 20.9. The SMILES string of the molecule is CC[C@H]1S[C@@H](c2ccccc2Cl)N(CCN(CC)C(=O)NC(C)C)C1=O. The molecular formula is C19H28ClN3O2S. The molecule has 0 spiro atoms. The van der Waals surface area contributed by atoms with Crippen molar-refractivity contribution in [1.82, 2.24) is 15.1 Å². The predicted octanol–water partition coefficient (Wildman–Crippen LogP) is 4.13. The zero-order chi connectivity index (χ0) is 19.3. The Kier molecular flexibility index (Phi) is 7.65. The number of carbonyl (C=O) groups excluding carboxylic acids is 2. The number of rotatable bonds is 7. The van der Waals surface area contributed by atoms with Gasteiger partial charge in [-0.2, -0.15) is 0 Å². The molecule has 7 heteroatoms. The number of benzene rings is 1. The van der Waals surface area contributed by atoms with Gasteiger partial charge in [0.1, 0.15) is 5.37 Å². The van der Waals surface area contributed by atoms with E-state index in [0.29, 0.717) is 24.7 Å². The maximum atomic E-state index is 12.8. The molecule has 26 heavy (non-hydrogen) atoms. The molecule has 5 nitrogen and oxygen atoms in total. The monoisotopic (exact) mass is 397 g/mol. The van der Waals surface area contributed by atoms with Crippen molar-refractivity contribution < 1.29 is 9.59 Å². The van der Waals surface area contributed by atoms with Crippen molar-refractivity contribution in [1.29, 1.82) is 0 Å². The second-order valence-electron chi connectivity index (χ2n) is 6.62. The van der Waals surface area contributed by atoms with Crippen molar-refractivity contribution in [3.63, 3.8) is 0 Å². The van der Waals surface area contributed by atoms with E-state index in [2.05, 4.69) is 5.32 Å². The van der Waals surface area contributed by atoms with Gasteiger partial charge in [0.25, 0.3) is 0 Å². The highest BCUT2D eigenvalue weighted by Gasteiger charge is 2.40. The van der Waals surface area contributed by atoms with Crippen molar-refractivity contribution in [2.45, 2.75) is 50.8 Å². The van der Waals surface area contributed by atoms with Crippen molar-refractivity contribution >= 4 is 35.3 Å². The van der Waals surface area contributed by atoms with Crippen LogP contribution in [-0.2, 0) is 4.79 Å². The topological polar surface area (TPSA) is 52.6 Å². The molecular weight excluding hydrogens is 370 g/mol. The second-order valence-corrected chi connectivity index (χ2v) is 8.32. The Morgan fingerprint density at radius 3 is 2.62 bits per heavy atom. The van der Waals surface area contributed by atoms with Gasteiger partial charge in [-0.1, -0.05) is 36.7 Å². The fourth-order valence-electron chi connectivity index (χ4n) is 2.97. The van der Waals surface area contributed by atoms with Crippen LogP contribution in [0.5, 0.6) is 0 Å². The van der Waals surface area contributed by atoms with Crippen LogP contribution in [-0.4, -0.2) is 52.7 Å². The Morgan fingerprint density at radius 2 is 2.04 bits per heavy atom. The van der Waals surface area contributed by atoms with Crippen LogP contribution in [0.25, 0.3) is 0 Å². The fraction of sp³-hybridized carbons (Fsp3) is 0.579. The summed E-state index contributed by atoms with van der Waals surface area (Å²) < 4.78 is 0. The summed E-state index contributed by atoms with van der Waals surface area (Å²) in [7, 11) is 0. The Labute approximate surface area is 165 Å². The van der Waals surface area contributed by atoms with Crippen LogP contribution in [0.3, 0.4) is 0 Å². The van der Waals surface area contributed by atoms with E-state index in [9.17, 15) is 9.59 Å². The Hall–Kier alpha value is -1.40.